The van der Waals surface area contributed by atoms with Crippen LogP contribution in [0.15, 0.2) is 18.2 Å². The molecule has 4 heteroatoms. The lowest BCUT2D eigenvalue weighted by Gasteiger charge is -2.28. The van der Waals surface area contributed by atoms with E-state index in [1.54, 1.807) is 0 Å². The van der Waals surface area contributed by atoms with E-state index >= 15 is 0 Å². The summed E-state index contributed by atoms with van der Waals surface area (Å²) < 4.78 is 0. The fourth-order valence-electron chi connectivity index (χ4n) is 3.74. The summed E-state index contributed by atoms with van der Waals surface area (Å²) in [6.07, 6.45) is 5.46. The van der Waals surface area contributed by atoms with Gasteiger partial charge in [0.15, 0.2) is 5.78 Å². The van der Waals surface area contributed by atoms with E-state index in [4.69, 9.17) is 0 Å². The van der Waals surface area contributed by atoms with Crippen LogP contribution in [0, 0.1) is 11.8 Å². The molecule has 1 aromatic rings. The molecule has 23 heavy (non-hydrogen) atoms. The van der Waals surface area contributed by atoms with Gasteiger partial charge in [0, 0.05) is 24.1 Å². The van der Waals surface area contributed by atoms with E-state index in [1.165, 1.54) is 12.8 Å². The minimum Gasteiger partial charge on any atom is -0.326 e. The maximum absolute atomic E-state index is 12.3. The first-order chi connectivity index (χ1) is 11.1. The molecule has 0 bridgehead atoms. The molecular formula is C19H26N2O2. The molecule has 0 radical (unpaired) electrons. The monoisotopic (exact) mass is 314 g/mol. The number of carbonyl (C=O) groups is 2. The smallest absolute Gasteiger partial charge is 0.224 e. The fraction of sp³-hybridized carbons (Fsp3) is 0.579. The Bertz CT molecular complexity index is 591. The number of rotatable bonds is 4. The number of anilines is 1. The Morgan fingerprint density at radius 3 is 3.00 bits per heavy atom. The zero-order chi connectivity index (χ0) is 16.2. The summed E-state index contributed by atoms with van der Waals surface area (Å²) in [5, 5.41) is 6.38. The zero-order valence-electron chi connectivity index (χ0n) is 13.9. The minimum absolute atomic E-state index is 0.0475. The van der Waals surface area contributed by atoms with Gasteiger partial charge in [-0.2, -0.15) is 0 Å². The first-order valence-corrected chi connectivity index (χ1v) is 8.80. The Morgan fingerprint density at radius 2 is 2.22 bits per heavy atom. The summed E-state index contributed by atoms with van der Waals surface area (Å²) in [7, 11) is 0. The highest BCUT2D eigenvalue weighted by molar-refractivity contribution is 6.00. The third kappa shape index (κ3) is 3.99. The number of Topliss-reactive ketones (excluding diaryl/α,β-unsaturated/α-hetero) is 1. The second kappa shape index (κ2) is 7.26. The summed E-state index contributed by atoms with van der Waals surface area (Å²) in [5.41, 5.74) is 2.65. The Morgan fingerprint density at radius 1 is 1.35 bits per heavy atom. The standard InChI is InChI=1S/C19H26N2O2/c1-13(15-5-3-9-20-12-15)10-19(23)21-16-8-7-14-4-2-6-18(22)17(14)11-16/h7-8,11,13,15,20H,2-6,9-10,12H2,1H3,(H,21,23). The average molecular weight is 314 g/mol. The van der Waals surface area contributed by atoms with Crippen molar-refractivity contribution in [3.05, 3.63) is 29.3 Å². The molecule has 0 aromatic heterocycles. The van der Waals surface area contributed by atoms with E-state index in [2.05, 4.69) is 17.6 Å². The highest BCUT2D eigenvalue weighted by atomic mass is 16.1. The molecule has 1 heterocycles. The Kier molecular flexibility index (Phi) is 5.11. The van der Waals surface area contributed by atoms with Crippen LogP contribution in [0.3, 0.4) is 0 Å². The van der Waals surface area contributed by atoms with Crippen LogP contribution in [0.5, 0.6) is 0 Å². The molecule has 1 aliphatic carbocycles. The fourth-order valence-corrected chi connectivity index (χ4v) is 3.74. The summed E-state index contributed by atoms with van der Waals surface area (Å²) in [6.45, 7) is 4.27. The normalized spacial score (nSPS) is 22.3. The van der Waals surface area contributed by atoms with E-state index in [0.717, 1.165) is 42.7 Å². The van der Waals surface area contributed by atoms with Crippen LogP contribution in [-0.4, -0.2) is 24.8 Å². The molecule has 0 saturated carbocycles. The van der Waals surface area contributed by atoms with Gasteiger partial charge in [0.25, 0.3) is 0 Å². The van der Waals surface area contributed by atoms with Gasteiger partial charge in [-0.05, 0) is 68.3 Å². The lowest BCUT2D eigenvalue weighted by Crippen LogP contribution is -2.34. The van der Waals surface area contributed by atoms with E-state index in [9.17, 15) is 9.59 Å². The molecule has 1 amide bonds. The van der Waals surface area contributed by atoms with Crippen molar-refractivity contribution in [3.8, 4) is 0 Å². The molecule has 1 saturated heterocycles. The lowest BCUT2D eigenvalue weighted by atomic mass is 9.85. The van der Waals surface area contributed by atoms with Crippen LogP contribution in [-0.2, 0) is 11.2 Å². The second-order valence-corrected chi connectivity index (χ2v) is 6.98. The quantitative estimate of drug-likeness (QED) is 0.897. The number of benzene rings is 1. The largest absolute Gasteiger partial charge is 0.326 e. The van der Waals surface area contributed by atoms with Crippen LogP contribution in [0.2, 0.25) is 0 Å². The van der Waals surface area contributed by atoms with Crippen molar-refractivity contribution in [1.82, 2.24) is 5.32 Å². The van der Waals surface area contributed by atoms with E-state index in [1.807, 2.05) is 18.2 Å². The molecule has 2 atom stereocenters. The van der Waals surface area contributed by atoms with E-state index < -0.39 is 0 Å². The van der Waals surface area contributed by atoms with Crippen molar-refractivity contribution in [2.24, 2.45) is 11.8 Å². The van der Waals surface area contributed by atoms with Crippen LogP contribution in [0.25, 0.3) is 0 Å². The van der Waals surface area contributed by atoms with Crippen molar-refractivity contribution in [2.45, 2.75) is 45.4 Å². The van der Waals surface area contributed by atoms with Gasteiger partial charge in [0.1, 0.15) is 0 Å². The second-order valence-electron chi connectivity index (χ2n) is 6.98. The SMILES string of the molecule is CC(CC(=O)Nc1ccc2c(c1)C(=O)CCC2)C1CCCNC1. The van der Waals surface area contributed by atoms with Gasteiger partial charge in [-0.15, -0.1) is 0 Å². The topological polar surface area (TPSA) is 58.2 Å². The molecular weight excluding hydrogens is 288 g/mol. The minimum atomic E-state index is 0.0475. The van der Waals surface area contributed by atoms with Crippen molar-refractivity contribution >= 4 is 17.4 Å². The number of amides is 1. The molecule has 2 N–H and O–H groups in total. The first kappa shape index (κ1) is 16.2. The lowest BCUT2D eigenvalue weighted by molar-refractivity contribution is -0.117. The molecule has 2 aliphatic rings. The summed E-state index contributed by atoms with van der Waals surface area (Å²) in [5.74, 6) is 1.21. The van der Waals surface area contributed by atoms with Gasteiger partial charge in [-0.3, -0.25) is 9.59 Å². The van der Waals surface area contributed by atoms with Gasteiger partial charge in [-0.1, -0.05) is 13.0 Å². The molecule has 1 aliphatic heterocycles. The van der Waals surface area contributed by atoms with Crippen LogP contribution < -0.4 is 10.6 Å². The number of nitrogens with one attached hydrogen (secondary N) is 2. The number of ketones is 1. The molecule has 1 aromatic carbocycles. The number of piperidine rings is 1. The summed E-state index contributed by atoms with van der Waals surface area (Å²) >= 11 is 0. The molecule has 3 rings (SSSR count). The third-order valence-corrected chi connectivity index (χ3v) is 5.19. The number of carbonyl (C=O) groups excluding carboxylic acids is 2. The number of fused-ring (bicyclic) bond motifs is 1. The Balaban J connectivity index is 1.59. The van der Waals surface area contributed by atoms with Gasteiger partial charge in [-0.25, -0.2) is 0 Å². The highest BCUT2D eigenvalue weighted by Gasteiger charge is 2.22. The van der Waals surface area contributed by atoms with Crippen molar-refractivity contribution in [2.75, 3.05) is 18.4 Å². The van der Waals surface area contributed by atoms with Crippen LogP contribution in [0.1, 0.15) is 54.9 Å². The predicted molar refractivity (Wildman–Crippen MR) is 91.7 cm³/mol. The van der Waals surface area contributed by atoms with Gasteiger partial charge >= 0.3 is 0 Å². The van der Waals surface area contributed by atoms with E-state index in [-0.39, 0.29) is 11.7 Å². The average Bonchev–Trinajstić information content (AvgIpc) is 2.56. The highest BCUT2D eigenvalue weighted by Crippen LogP contribution is 2.26. The van der Waals surface area contributed by atoms with Gasteiger partial charge in [0.2, 0.25) is 5.91 Å². The summed E-state index contributed by atoms with van der Waals surface area (Å²) in [6, 6.07) is 5.75. The van der Waals surface area contributed by atoms with E-state index in [0.29, 0.717) is 24.7 Å². The number of hydrogen-bond donors (Lipinski definition) is 2. The molecule has 4 nitrogen and oxygen atoms in total. The van der Waals surface area contributed by atoms with Gasteiger partial charge in [0.05, 0.1) is 0 Å². The molecule has 2 unspecified atom stereocenters. The van der Waals surface area contributed by atoms with Crippen LogP contribution >= 0.6 is 0 Å². The Labute approximate surface area is 138 Å². The number of aryl methyl sites for hydroxylation is 1. The predicted octanol–water partition coefficient (Wildman–Crippen LogP) is 3.17. The van der Waals surface area contributed by atoms with Crippen molar-refractivity contribution in [3.63, 3.8) is 0 Å². The number of hydrogen-bond acceptors (Lipinski definition) is 3. The van der Waals surface area contributed by atoms with Crippen molar-refractivity contribution in [1.29, 1.82) is 0 Å². The molecule has 0 spiro atoms. The zero-order valence-corrected chi connectivity index (χ0v) is 13.9. The van der Waals surface area contributed by atoms with Crippen molar-refractivity contribution < 1.29 is 9.59 Å². The van der Waals surface area contributed by atoms with Gasteiger partial charge < -0.3 is 10.6 Å². The molecule has 124 valence electrons. The maximum Gasteiger partial charge on any atom is 0.224 e. The summed E-state index contributed by atoms with van der Waals surface area (Å²) in [4.78, 5) is 24.3. The maximum atomic E-state index is 12.3. The van der Waals surface area contributed by atoms with Crippen LogP contribution in [0.4, 0.5) is 5.69 Å². The first-order valence-electron chi connectivity index (χ1n) is 8.80. The molecule has 1 fully saturated rings. The Hall–Kier alpha value is -1.68. The third-order valence-electron chi connectivity index (χ3n) is 5.19.